The number of aryl methyl sites for hydroxylation is 1. The van der Waals surface area contributed by atoms with Gasteiger partial charge in [0.05, 0.1) is 16.6 Å². The molecule has 2 heterocycles. The normalized spacial score (nSPS) is 10.8. The summed E-state index contributed by atoms with van der Waals surface area (Å²) in [5, 5.41) is 19.7. The fraction of sp³-hybridized carbons (Fsp3) is 0.133. The molecule has 0 radical (unpaired) electrons. The Hall–Kier alpha value is -2.67. The Balaban J connectivity index is 1.76. The van der Waals surface area contributed by atoms with Crippen LogP contribution in [0.5, 0.6) is 0 Å². The van der Waals surface area contributed by atoms with Crippen LogP contribution >= 0.6 is 11.3 Å². The molecule has 1 amide bonds. The van der Waals surface area contributed by atoms with Gasteiger partial charge < -0.3 is 10.4 Å². The van der Waals surface area contributed by atoms with E-state index in [1.165, 1.54) is 0 Å². The first-order valence-electron chi connectivity index (χ1n) is 6.59. The number of fused-ring (bicyclic) bond motifs is 1. The molecule has 3 rings (SSSR count). The van der Waals surface area contributed by atoms with Gasteiger partial charge in [0.25, 0.3) is 5.91 Å². The van der Waals surface area contributed by atoms with E-state index >= 15 is 0 Å². The van der Waals surface area contributed by atoms with E-state index in [1.54, 1.807) is 19.2 Å². The first-order chi connectivity index (χ1) is 10.6. The number of rotatable bonds is 4. The number of aromatic carboxylic acids is 1. The lowest BCUT2D eigenvalue weighted by molar-refractivity contribution is 0.0701. The van der Waals surface area contributed by atoms with Crippen LogP contribution < -0.4 is 5.32 Å². The molecule has 1 aromatic carbocycles. The maximum absolute atomic E-state index is 12.2. The number of hydrogen-bond donors (Lipinski definition) is 3. The number of nitrogens with one attached hydrogen (secondary N) is 2. The minimum Gasteiger partial charge on any atom is -0.477 e. The highest BCUT2D eigenvalue weighted by Crippen LogP contribution is 2.22. The van der Waals surface area contributed by atoms with Gasteiger partial charge in [0.1, 0.15) is 4.88 Å². The molecule has 22 heavy (non-hydrogen) atoms. The fourth-order valence-electron chi connectivity index (χ4n) is 2.25. The van der Waals surface area contributed by atoms with E-state index in [0.717, 1.165) is 27.8 Å². The number of carbonyl (C=O) groups excluding carboxylic acids is 1. The van der Waals surface area contributed by atoms with Gasteiger partial charge in [-0.25, -0.2) is 4.79 Å². The molecular formula is C15H13N3O3S. The van der Waals surface area contributed by atoms with Gasteiger partial charge in [-0.05, 0) is 30.2 Å². The number of amides is 1. The predicted octanol–water partition coefficient (Wildman–Crippen LogP) is 2.56. The van der Waals surface area contributed by atoms with Gasteiger partial charge >= 0.3 is 5.97 Å². The van der Waals surface area contributed by atoms with Gasteiger partial charge in [0.15, 0.2) is 0 Å². The van der Waals surface area contributed by atoms with Crippen molar-refractivity contribution in [1.29, 1.82) is 0 Å². The van der Waals surface area contributed by atoms with Crippen LogP contribution in [0.4, 0.5) is 0 Å². The molecule has 0 aliphatic heterocycles. The summed E-state index contributed by atoms with van der Waals surface area (Å²) in [5.74, 6) is -1.29. The average molecular weight is 315 g/mol. The largest absolute Gasteiger partial charge is 0.477 e. The van der Waals surface area contributed by atoms with Crippen molar-refractivity contribution in [3.05, 3.63) is 51.3 Å². The highest BCUT2D eigenvalue weighted by molar-refractivity contribution is 7.16. The Morgan fingerprint density at radius 2 is 2.23 bits per heavy atom. The van der Waals surface area contributed by atoms with Crippen LogP contribution in [0.1, 0.15) is 30.5 Å². The third kappa shape index (κ3) is 2.58. The molecule has 0 saturated heterocycles. The molecule has 3 aromatic rings. The molecule has 0 fully saturated rings. The summed E-state index contributed by atoms with van der Waals surface area (Å²) < 4.78 is 0. The zero-order valence-corrected chi connectivity index (χ0v) is 12.5. The third-order valence-corrected chi connectivity index (χ3v) is 4.57. The van der Waals surface area contributed by atoms with E-state index in [2.05, 4.69) is 15.5 Å². The molecule has 0 unspecified atom stereocenters. The number of H-pyrrole nitrogens is 1. The van der Waals surface area contributed by atoms with Gasteiger partial charge in [-0.2, -0.15) is 5.10 Å². The van der Waals surface area contributed by atoms with Crippen molar-refractivity contribution >= 4 is 34.1 Å². The van der Waals surface area contributed by atoms with E-state index in [1.807, 2.05) is 18.2 Å². The molecule has 0 spiro atoms. The van der Waals surface area contributed by atoms with Crippen LogP contribution in [0.3, 0.4) is 0 Å². The maximum atomic E-state index is 12.2. The SMILES string of the molecule is Cc1cc(C(=O)NCc2cccc3[nH]ncc23)sc1C(=O)O. The Bertz CT molecular complexity index is 866. The molecule has 0 bridgehead atoms. The number of thiophene rings is 1. The number of carboxylic acid groups (broad SMARTS) is 1. The van der Waals surface area contributed by atoms with Crippen LogP contribution in [-0.4, -0.2) is 27.2 Å². The number of aromatic nitrogens is 2. The smallest absolute Gasteiger partial charge is 0.346 e. The fourth-order valence-corrected chi connectivity index (χ4v) is 3.18. The molecule has 3 N–H and O–H groups in total. The van der Waals surface area contributed by atoms with Gasteiger partial charge in [0, 0.05) is 11.9 Å². The summed E-state index contributed by atoms with van der Waals surface area (Å²) in [7, 11) is 0. The lowest BCUT2D eigenvalue weighted by atomic mass is 10.1. The van der Waals surface area contributed by atoms with Crippen LogP contribution in [-0.2, 0) is 6.54 Å². The number of hydrogen-bond acceptors (Lipinski definition) is 4. The average Bonchev–Trinajstić information content (AvgIpc) is 3.11. The summed E-state index contributed by atoms with van der Waals surface area (Å²) in [6.07, 6.45) is 1.72. The zero-order valence-electron chi connectivity index (χ0n) is 11.7. The molecule has 0 saturated carbocycles. The molecule has 0 aliphatic rings. The Labute approximate surface area is 129 Å². The Morgan fingerprint density at radius 1 is 1.41 bits per heavy atom. The minimum atomic E-state index is -1.01. The first kappa shape index (κ1) is 14.3. The van der Waals surface area contributed by atoms with E-state index < -0.39 is 5.97 Å². The summed E-state index contributed by atoms with van der Waals surface area (Å²) >= 11 is 0.986. The third-order valence-electron chi connectivity index (χ3n) is 3.35. The Kier molecular flexibility index (Phi) is 3.64. The number of carbonyl (C=O) groups is 2. The van der Waals surface area contributed by atoms with Crippen molar-refractivity contribution in [2.75, 3.05) is 0 Å². The van der Waals surface area contributed by atoms with Gasteiger partial charge in [-0.15, -0.1) is 11.3 Å². The van der Waals surface area contributed by atoms with Crippen LogP contribution in [0.15, 0.2) is 30.5 Å². The van der Waals surface area contributed by atoms with Crippen molar-refractivity contribution in [1.82, 2.24) is 15.5 Å². The standard InChI is InChI=1S/C15H13N3O3S/c1-8-5-12(22-13(8)15(20)21)14(19)16-6-9-3-2-4-11-10(9)7-17-18-11/h2-5,7H,6H2,1H3,(H,16,19)(H,17,18)(H,20,21). The molecular weight excluding hydrogens is 302 g/mol. The second kappa shape index (κ2) is 5.61. The summed E-state index contributed by atoms with van der Waals surface area (Å²) in [5.41, 5.74) is 2.46. The van der Waals surface area contributed by atoms with Crippen molar-refractivity contribution in [2.45, 2.75) is 13.5 Å². The summed E-state index contributed by atoms with van der Waals surface area (Å²) in [6, 6.07) is 7.32. The number of aromatic amines is 1. The molecule has 112 valence electrons. The molecule has 0 aliphatic carbocycles. The summed E-state index contributed by atoms with van der Waals surface area (Å²) in [6.45, 7) is 2.04. The van der Waals surface area contributed by atoms with Crippen molar-refractivity contribution in [2.24, 2.45) is 0 Å². The van der Waals surface area contributed by atoms with E-state index in [4.69, 9.17) is 5.11 Å². The second-order valence-corrected chi connectivity index (χ2v) is 5.91. The second-order valence-electron chi connectivity index (χ2n) is 4.86. The number of nitrogens with zero attached hydrogens (tertiary/aromatic N) is 1. The highest BCUT2D eigenvalue weighted by atomic mass is 32.1. The zero-order chi connectivity index (χ0) is 15.7. The maximum Gasteiger partial charge on any atom is 0.346 e. The highest BCUT2D eigenvalue weighted by Gasteiger charge is 2.16. The van der Waals surface area contributed by atoms with E-state index in [0.29, 0.717) is 17.0 Å². The summed E-state index contributed by atoms with van der Waals surface area (Å²) in [4.78, 5) is 23.8. The number of carboxylic acids is 1. The molecule has 6 nitrogen and oxygen atoms in total. The minimum absolute atomic E-state index is 0.196. The van der Waals surface area contributed by atoms with Gasteiger partial charge in [0.2, 0.25) is 0 Å². The lowest BCUT2D eigenvalue weighted by Gasteiger charge is -2.05. The van der Waals surface area contributed by atoms with Crippen LogP contribution in [0.25, 0.3) is 10.9 Å². The predicted molar refractivity (Wildman–Crippen MR) is 83.3 cm³/mol. The van der Waals surface area contributed by atoms with E-state index in [9.17, 15) is 9.59 Å². The van der Waals surface area contributed by atoms with E-state index in [-0.39, 0.29) is 10.8 Å². The monoisotopic (exact) mass is 315 g/mol. The lowest BCUT2D eigenvalue weighted by Crippen LogP contribution is -2.21. The van der Waals surface area contributed by atoms with Crippen molar-refractivity contribution in [3.63, 3.8) is 0 Å². The quantitative estimate of drug-likeness (QED) is 0.689. The topological polar surface area (TPSA) is 95.1 Å². The molecule has 2 aromatic heterocycles. The Morgan fingerprint density at radius 3 is 2.95 bits per heavy atom. The van der Waals surface area contributed by atoms with Crippen LogP contribution in [0, 0.1) is 6.92 Å². The van der Waals surface area contributed by atoms with Crippen molar-refractivity contribution < 1.29 is 14.7 Å². The van der Waals surface area contributed by atoms with Gasteiger partial charge in [-0.3, -0.25) is 9.89 Å². The van der Waals surface area contributed by atoms with Crippen LogP contribution in [0.2, 0.25) is 0 Å². The van der Waals surface area contributed by atoms with Gasteiger partial charge in [-0.1, -0.05) is 12.1 Å². The number of benzene rings is 1. The molecule has 0 atom stereocenters. The molecule has 7 heteroatoms. The van der Waals surface area contributed by atoms with Crippen molar-refractivity contribution in [3.8, 4) is 0 Å². The first-order valence-corrected chi connectivity index (χ1v) is 7.41.